The van der Waals surface area contributed by atoms with Gasteiger partial charge in [0, 0.05) is 26.2 Å². The van der Waals surface area contributed by atoms with E-state index in [1.165, 1.54) is 0 Å². The molecule has 6 nitrogen and oxygen atoms in total. The largest absolute Gasteiger partial charge is 0.333 e. The van der Waals surface area contributed by atoms with Crippen LogP contribution in [0.25, 0.3) is 10.8 Å². The summed E-state index contributed by atoms with van der Waals surface area (Å²) in [5.74, 6) is 1.32. The van der Waals surface area contributed by atoms with Crippen LogP contribution in [-0.2, 0) is 5.54 Å². The van der Waals surface area contributed by atoms with Crippen LogP contribution in [0.5, 0.6) is 0 Å². The molecule has 0 amide bonds. The lowest BCUT2D eigenvalue weighted by Gasteiger charge is -2.38. The van der Waals surface area contributed by atoms with Gasteiger partial charge >= 0.3 is 0 Å². The number of aromatic nitrogens is 3. The van der Waals surface area contributed by atoms with Crippen LogP contribution in [0.1, 0.15) is 30.4 Å². The number of aryl methyl sites for hydroxylation is 2. The van der Waals surface area contributed by atoms with Gasteiger partial charge in [-0.15, -0.1) is 11.3 Å². The molecular formula is C14H21N5OS. The van der Waals surface area contributed by atoms with Crippen LogP contribution >= 0.6 is 11.3 Å². The molecule has 3 rings (SSSR count). The summed E-state index contributed by atoms with van der Waals surface area (Å²) in [5.41, 5.74) is 0.727. The zero-order valence-electron chi connectivity index (χ0n) is 12.9. The van der Waals surface area contributed by atoms with Crippen LogP contribution in [-0.4, -0.2) is 46.2 Å². The molecular weight excluding hydrogens is 286 g/mol. The maximum absolute atomic E-state index is 5.49. The molecule has 0 aliphatic carbocycles. The van der Waals surface area contributed by atoms with Gasteiger partial charge in [0.25, 0.3) is 5.89 Å². The molecule has 0 spiro atoms. The molecule has 1 saturated heterocycles. The van der Waals surface area contributed by atoms with Gasteiger partial charge in [0.15, 0.2) is 5.82 Å². The van der Waals surface area contributed by atoms with Gasteiger partial charge in [-0.25, -0.2) is 4.98 Å². The highest BCUT2D eigenvalue weighted by atomic mass is 32.1. The molecule has 0 unspecified atom stereocenters. The van der Waals surface area contributed by atoms with Crippen molar-refractivity contribution in [2.45, 2.75) is 33.2 Å². The number of piperazine rings is 1. The minimum atomic E-state index is -0.225. The van der Waals surface area contributed by atoms with Gasteiger partial charge in [0.1, 0.15) is 4.88 Å². The van der Waals surface area contributed by atoms with Crippen molar-refractivity contribution in [1.82, 2.24) is 25.3 Å². The Labute approximate surface area is 128 Å². The van der Waals surface area contributed by atoms with E-state index in [1.807, 2.05) is 13.8 Å². The molecule has 1 aliphatic rings. The minimum absolute atomic E-state index is 0.225. The van der Waals surface area contributed by atoms with Gasteiger partial charge in [-0.1, -0.05) is 5.16 Å². The molecule has 1 N–H and O–H groups in total. The summed E-state index contributed by atoms with van der Waals surface area (Å²) < 4.78 is 5.49. The Kier molecular flexibility index (Phi) is 3.81. The molecule has 0 aromatic carbocycles. The number of nitrogens with one attached hydrogen (secondary N) is 1. The number of hydrogen-bond acceptors (Lipinski definition) is 7. The summed E-state index contributed by atoms with van der Waals surface area (Å²) in [4.78, 5) is 12.4. The second-order valence-corrected chi connectivity index (χ2v) is 7.07. The predicted molar refractivity (Wildman–Crippen MR) is 82.3 cm³/mol. The van der Waals surface area contributed by atoms with Crippen molar-refractivity contribution >= 4 is 11.3 Å². The minimum Gasteiger partial charge on any atom is -0.333 e. The molecule has 3 heterocycles. The van der Waals surface area contributed by atoms with E-state index in [0.717, 1.165) is 47.6 Å². The van der Waals surface area contributed by atoms with Crippen molar-refractivity contribution in [3.8, 4) is 10.8 Å². The third-order valence-corrected chi connectivity index (χ3v) is 5.04. The fraction of sp³-hybridized carbons (Fsp3) is 0.643. The highest BCUT2D eigenvalue weighted by Crippen LogP contribution is 2.31. The smallest absolute Gasteiger partial charge is 0.269 e. The lowest BCUT2D eigenvalue weighted by atomic mass is 10.0. The molecule has 0 saturated carbocycles. The van der Waals surface area contributed by atoms with Crippen molar-refractivity contribution in [2.75, 3.05) is 26.2 Å². The first kappa shape index (κ1) is 14.6. The molecule has 7 heteroatoms. The normalized spacial score (nSPS) is 17.3. The van der Waals surface area contributed by atoms with E-state index in [2.05, 4.69) is 39.2 Å². The SMILES string of the molecule is Cc1nc(C)c(-c2nc(C(C)(C)N3CCNCC3)no2)s1. The zero-order valence-corrected chi connectivity index (χ0v) is 13.8. The lowest BCUT2D eigenvalue weighted by Crippen LogP contribution is -2.52. The molecule has 114 valence electrons. The Morgan fingerprint density at radius 3 is 2.52 bits per heavy atom. The number of thiazole rings is 1. The fourth-order valence-corrected chi connectivity index (χ4v) is 3.50. The monoisotopic (exact) mass is 307 g/mol. The molecule has 0 bridgehead atoms. The van der Waals surface area contributed by atoms with E-state index < -0.39 is 0 Å². The van der Waals surface area contributed by atoms with Crippen molar-refractivity contribution < 1.29 is 4.52 Å². The highest BCUT2D eigenvalue weighted by Gasteiger charge is 2.34. The molecule has 21 heavy (non-hydrogen) atoms. The Morgan fingerprint density at radius 1 is 1.19 bits per heavy atom. The Balaban J connectivity index is 1.88. The van der Waals surface area contributed by atoms with Gasteiger partial charge in [-0.2, -0.15) is 4.98 Å². The van der Waals surface area contributed by atoms with Crippen LogP contribution in [0.3, 0.4) is 0 Å². The fourth-order valence-electron chi connectivity index (χ4n) is 2.66. The first-order valence-electron chi connectivity index (χ1n) is 7.23. The standard InChI is InChI=1S/C14H21N5OS/c1-9-11(21-10(2)16-9)12-17-13(18-20-12)14(3,4)19-7-5-15-6-8-19/h15H,5-8H2,1-4H3. The lowest BCUT2D eigenvalue weighted by molar-refractivity contribution is 0.0925. The second kappa shape index (κ2) is 5.47. The van der Waals surface area contributed by atoms with Gasteiger partial charge in [-0.05, 0) is 27.7 Å². The van der Waals surface area contributed by atoms with Crippen molar-refractivity contribution in [3.63, 3.8) is 0 Å². The maximum Gasteiger partial charge on any atom is 0.269 e. The summed E-state index contributed by atoms with van der Waals surface area (Å²) in [6, 6.07) is 0. The van der Waals surface area contributed by atoms with Gasteiger partial charge in [0.05, 0.1) is 16.2 Å². The number of hydrogen-bond donors (Lipinski definition) is 1. The quantitative estimate of drug-likeness (QED) is 0.935. The van der Waals surface area contributed by atoms with Crippen LogP contribution in [0.4, 0.5) is 0 Å². The van der Waals surface area contributed by atoms with Gasteiger partial charge in [0.2, 0.25) is 0 Å². The third-order valence-electron chi connectivity index (χ3n) is 3.98. The van der Waals surface area contributed by atoms with Crippen LogP contribution in [0.2, 0.25) is 0 Å². The maximum atomic E-state index is 5.49. The van der Waals surface area contributed by atoms with Crippen LogP contribution in [0, 0.1) is 13.8 Å². The Morgan fingerprint density at radius 2 is 1.90 bits per heavy atom. The Hall–Kier alpha value is -1.31. The highest BCUT2D eigenvalue weighted by molar-refractivity contribution is 7.15. The van der Waals surface area contributed by atoms with Gasteiger partial charge < -0.3 is 9.84 Å². The van der Waals surface area contributed by atoms with Crippen LogP contribution in [0.15, 0.2) is 4.52 Å². The van der Waals surface area contributed by atoms with Crippen molar-refractivity contribution in [3.05, 3.63) is 16.5 Å². The summed E-state index contributed by atoms with van der Waals surface area (Å²) in [5, 5.41) is 8.60. The topological polar surface area (TPSA) is 67.1 Å². The van der Waals surface area contributed by atoms with E-state index in [1.54, 1.807) is 11.3 Å². The molecule has 2 aromatic rings. The summed E-state index contributed by atoms with van der Waals surface area (Å²) in [7, 11) is 0. The number of rotatable bonds is 3. The summed E-state index contributed by atoms with van der Waals surface area (Å²) in [6.45, 7) is 12.3. The first-order chi connectivity index (χ1) is 9.98. The molecule has 1 fully saturated rings. The van der Waals surface area contributed by atoms with Crippen LogP contribution < -0.4 is 5.32 Å². The van der Waals surface area contributed by atoms with E-state index in [4.69, 9.17) is 4.52 Å². The second-order valence-electron chi connectivity index (χ2n) is 5.87. The molecule has 0 atom stereocenters. The van der Waals surface area contributed by atoms with E-state index in [9.17, 15) is 0 Å². The van der Waals surface area contributed by atoms with Crippen molar-refractivity contribution in [1.29, 1.82) is 0 Å². The predicted octanol–water partition coefficient (Wildman–Crippen LogP) is 1.95. The first-order valence-corrected chi connectivity index (χ1v) is 8.04. The third kappa shape index (κ3) is 2.73. The van der Waals surface area contributed by atoms with E-state index in [0.29, 0.717) is 5.89 Å². The zero-order chi connectivity index (χ0) is 15.0. The average molecular weight is 307 g/mol. The van der Waals surface area contributed by atoms with E-state index in [-0.39, 0.29) is 5.54 Å². The van der Waals surface area contributed by atoms with Crippen molar-refractivity contribution in [2.24, 2.45) is 0 Å². The molecule has 0 radical (unpaired) electrons. The van der Waals surface area contributed by atoms with E-state index >= 15 is 0 Å². The Bertz CT molecular complexity index is 627. The van der Waals surface area contributed by atoms with Gasteiger partial charge in [-0.3, -0.25) is 4.90 Å². The average Bonchev–Trinajstić information content (AvgIpc) is 3.06. The summed E-state index contributed by atoms with van der Waals surface area (Å²) >= 11 is 1.60. The molecule has 1 aliphatic heterocycles. The molecule has 2 aromatic heterocycles. The number of nitrogens with zero attached hydrogens (tertiary/aromatic N) is 4. The summed E-state index contributed by atoms with van der Waals surface area (Å²) in [6.07, 6.45) is 0.